The van der Waals surface area contributed by atoms with Gasteiger partial charge in [-0.2, -0.15) is 0 Å². The van der Waals surface area contributed by atoms with Gasteiger partial charge in [-0.3, -0.25) is 5.21 Å². The van der Waals surface area contributed by atoms with Crippen molar-refractivity contribution >= 4 is 28.4 Å². The normalized spacial score (nSPS) is 12.0. The molecule has 1 aliphatic heterocycles. The van der Waals surface area contributed by atoms with E-state index in [1.165, 1.54) is 5.06 Å². The van der Waals surface area contributed by atoms with Gasteiger partial charge in [-0.1, -0.05) is 48.5 Å². The van der Waals surface area contributed by atoms with Crippen molar-refractivity contribution in [3.63, 3.8) is 0 Å². The van der Waals surface area contributed by atoms with Crippen molar-refractivity contribution in [3.8, 4) is 11.5 Å². The molecule has 0 bridgehead atoms. The standard InChI is InChI=1S/C24H18N2O2/c27-26-21-13-7-8-14-23(21)28-24-17-20(15-16-22(24)26)25(18-9-3-1-4-10-18)19-11-5-2-6-12-19/h1-17,27H. The predicted molar refractivity (Wildman–Crippen MR) is 112 cm³/mol. The molecule has 0 spiro atoms. The van der Waals surface area contributed by atoms with Gasteiger partial charge in [0.15, 0.2) is 11.5 Å². The lowest BCUT2D eigenvalue weighted by atomic mass is 10.1. The lowest BCUT2D eigenvalue weighted by molar-refractivity contribution is 0.285. The maximum absolute atomic E-state index is 10.6. The van der Waals surface area contributed by atoms with Crippen LogP contribution in [0.25, 0.3) is 0 Å². The molecule has 1 aliphatic rings. The van der Waals surface area contributed by atoms with Crippen molar-refractivity contribution in [2.24, 2.45) is 0 Å². The first-order valence-corrected chi connectivity index (χ1v) is 9.11. The summed E-state index contributed by atoms with van der Waals surface area (Å²) in [7, 11) is 0. The molecule has 0 saturated heterocycles. The molecular formula is C24H18N2O2. The van der Waals surface area contributed by atoms with E-state index in [4.69, 9.17) is 4.74 Å². The van der Waals surface area contributed by atoms with E-state index in [1.807, 2.05) is 78.9 Å². The summed E-state index contributed by atoms with van der Waals surface area (Å²) in [4.78, 5) is 2.16. The lowest BCUT2D eigenvalue weighted by Crippen LogP contribution is -2.17. The average molecular weight is 366 g/mol. The highest BCUT2D eigenvalue weighted by Gasteiger charge is 2.24. The Morgan fingerprint density at radius 1 is 0.571 bits per heavy atom. The van der Waals surface area contributed by atoms with Crippen molar-refractivity contribution < 1.29 is 9.94 Å². The van der Waals surface area contributed by atoms with Gasteiger partial charge in [-0.05, 0) is 48.5 Å². The number of benzene rings is 4. The van der Waals surface area contributed by atoms with Crippen LogP contribution in [0.1, 0.15) is 0 Å². The summed E-state index contributed by atoms with van der Waals surface area (Å²) < 4.78 is 6.08. The largest absolute Gasteiger partial charge is 0.453 e. The number of hydrogen-bond acceptors (Lipinski definition) is 4. The summed E-state index contributed by atoms with van der Waals surface area (Å²) in [6.45, 7) is 0. The first-order chi connectivity index (χ1) is 13.8. The molecule has 136 valence electrons. The Morgan fingerprint density at radius 3 is 1.82 bits per heavy atom. The Kier molecular flexibility index (Phi) is 3.96. The molecular weight excluding hydrogens is 348 g/mol. The second kappa shape index (κ2) is 6.76. The van der Waals surface area contributed by atoms with Gasteiger partial charge in [-0.25, -0.2) is 5.06 Å². The van der Waals surface area contributed by atoms with Crippen LogP contribution in [0.3, 0.4) is 0 Å². The number of ether oxygens (including phenoxy) is 1. The zero-order valence-corrected chi connectivity index (χ0v) is 15.1. The van der Waals surface area contributed by atoms with E-state index in [-0.39, 0.29) is 0 Å². The highest BCUT2D eigenvalue weighted by molar-refractivity contribution is 5.82. The van der Waals surface area contributed by atoms with E-state index in [0.29, 0.717) is 22.9 Å². The Morgan fingerprint density at radius 2 is 1.14 bits per heavy atom. The second-order valence-corrected chi connectivity index (χ2v) is 6.54. The second-order valence-electron chi connectivity index (χ2n) is 6.54. The summed E-state index contributed by atoms with van der Waals surface area (Å²) >= 11 is 0. The van der Waals surface area contributed by atoms with Crippen LogP contribution in [0.4, 0.5) is 28.4 Å². The minimum Gasteiger partial charge on any atom is -0.453 e. The van der Waals surface area contributed by atoms with Crippen LogP contribution in [-0.4, -0.2) is 5.21 Å². The molecule has 4 aromatic rings. The SMILES string of the molecule is ON1c2ccccc2Oc2cc(N(c3ccccc3)c3ccccc3)ccc21. The van der Waals surface area contributed by atoms with E-state index in [1.54, 1.807) is 0 Å². The molecule has 28 heavy (non-hydrogen) atoms. The zero-order chi connectivity index (χ0) is 18.9. The van der Waals surface area contributed by atoms with E-state index in [2.05, 4.69) is 29.2 Å². The predicted octanol–water partition coefficient (Wildman–Crippen LogP) is 6.79. The van der Waals surface area contributed by atoms with Crippen LogP contribution in [0.2, 0.25) is 0 Å². The van der Waals surface area contributed by atoms with Crippen LogP contribution >= 0.6 is 0 Å². The fourth-order valence-electron chi connectivity index (χ4n) is 3.47. The Hall–Kier alpha value is -3.76. The van der Waals surface area contributed by atoms with E-state index in [0.717, 1.165) is 17.1 Å². The number of hydrogen-bond donors (Lipinski definition) is 1. The van der Waals surface area contributed by atoms with Crippen LogP contribution in [0, 0.1) is 0 Å². The topological polar surface area (TPSA) is 35.9 Å². The number of para-hydroxylation sites is 4. The number of nitrogens with zero attached hydrogens (tertiary/aromatic N) is 2. The molecule has 1 N–H and O–H groups in total. The van der Waals surface area contributed by atoms with Crippen LogP contribution in [-0.2, 0) is 0 Å². The number of rotatable bonds is 3. The number of fused-ring (bicyclic) bond motifs is 2. The van der Waals surface area contributed by atoms with Gasteiger partial charge in [0.1, 0.15) is 11.4 Å². The summed E-state index contributed by atoms with van der Waals surface area (Å²) in [5.41, 5.74) is 4.29. The zero-order valence-electron chi connectivity index (χ0n) is 15.1. The Labute approximate surface area is 163 Å². The molecule has 4 nitrogen and oxygen atoms in total. The van der Waals surface area contributed by atoms with Gasteiger partial charge in [0, 0.05) is 23.1 Å². The van der Waals surface area contributed by atoms with Crippen molar-refractivity contribution in [3.05, 3.63) is 103 Å². The molecule has 0 radical (unpaired) electrons. The molecule has 0 amide bonds. The van der Waals surface area contributed by atoms with E-state index < -0.39 is 0 Å². The molecule has 5 rings (SSSR count). The van der Waals surface area contributed by atoms with Crippen LogP contribution in [0.5, 0.6) is 11.5 Å². The first-order valence-electron chi connectivity index (χ1n) is 9.11. The van der Waals surface area contributed by atoms with Gasteiger partial charge >= 0.3 is 0 Å². The highest BCUT2D eigenvalue weighted by Crippen LogP contribution is 2.48. The minimum atomic E-state index is 0.607. The smallest absolute Gasteiger partial charge is 0.155 e. The third-order valence-electron chi connectivity index (χ3n) is 4.77. The molecule has 1 heterocycles. The maximum Gasteiger partial charge on any atom is 0.155 e. The summed E-state index contributed by atoms with van der Waals surface area (Å²) in [6.07, 6.45) is 0. The summed E-state index contributed by atoms with van der Waals surface area (Å²) in [6, 6.07) is 33.6. The van der Waals surface area contributed by atoms with Crippen molar-refractivity contribution in [2.45, 2.75) is 0 Å². The molecule has 0 atom stereocenters. The lowest BCUT2D eigenvalue weighted by Gasteiger charge is -2.30. The highest BCUT2D eigenvalue weighted by atomic mass is 16.5. The van der Waals surface area contributed by atoms with E-state index >= 15 is 0 Å². The fraction of sp³-hybridized carbons (Fsp3) is 0. The molecule has 0 aromatic heterocycles. The molecule has 0 saturated carbocycles. The molecule has 4 aromatic carbocycles. The molecule has 0 unspecified atom stereocenters. The third kappa shape index (κ3) is 2.76. The summed E-state index contributed by atoms with van der Waals surface area (Å²) in [5, 5.41) is 11.8. The van der Waals surface area contributed by atoms with Gasteiger partial charge in [-0.15, -0.1) is 0 Å². The maximum atomic E-state index is 10.6. The fourth-order valence-corrected chi connectivity index (χ4v) is 3.47. The van der Waals surface area contributed by atoms with Crippen LogP contribution < -0.4 is 14.7 Å². The Bertz CT molecular complexity index is 1070. The number of anilines is 5. The molecule has 0 fully saturated rings. The van der Waals surface area contributed by atoms with Gasteiger partial charge in [0.2, 0.25) is 0 Å². The van der Waals surface area contributed by atoms with Gasteiger partial charge < -0.3 is 9.64 Å². The minimum absolute atomic E-state index is 0.607. The molecule has 4 heteroatoms. The first kappa shape index (κ1) is 16.4. The van der Waals surface area contributed by atoms with Crippen molar-refractivity contribution in [2.75, 3.05) is 9.96 Å². The quantitative estimate of drug-likeness (QED) is 0.433. The van der Waals surface area contributed by atoms with Crippen molar-refractivity contribution in [1.29, 1.82) is 0 Å². The molecule has 0 aliphatic carbocycles. The van der Waals surface area contributed by atoms with Gasteiger partial charge in [0.25, 0.3) is 0 Å². The Balaban J connectivity index is 1.62. The third-order valence-corrected chi connectivity index (χ3v) is 4.77. The van der Waals surface area contributed by atoms with Crippen molar-refractivity contribution in [1.82, 2.24) is 0 Å². The van der Waals surface area contributed by atoms with Crippen LogP contribution in [0.15, 0.2) is 103 Å². The average Bonchev–Trinajstić information content (AvgIpc) is 2.76. The van der Waals surface area contributed by atoms with Gasteiger partial charge in [0.05, 0.1) is 0 Å². The van der Waals surface area contributed by atoms with E-state index in [9.17, 15) is 5.21 Å². The summed E-state index contributed by atoms with van der Waals surface area (Å²) in [5.74, 6) is 1.23. The monoisotopic (exact) mass is 366 g/mol.